The molecule has 0 radical (unpaired) electrons. The van der Waals surface area contributed by atoms with Gasteiger partial charge in [-0.15, -0.1) is 0 Å². The van der Waals surface area contributed by atoms with Gasteiger partial charge >= 0.3 is 0 Å². The normalized spacial score (nSPS) is 14.2. The van der Waals surface area contributed by atoms with E-state index in [1.54, 1.807) is 14.2 Å². The molecule has 0 aliphatic carbocycles. The van der Waals surface area contributed by atoms with Gasteiger partial charge in [0.1, 0.15) is 5.75 Å². The molecule has 3 nitrogen and oxygen atoms in total. The second kappa shape index (κ2) is 8.41. The van der Waals surface area contributed by atoms with Crippen molar-refractivity contribution in [3.63, 3.8) is 0 Å². The summed E-state index contributed by atoms with van der Waals surface area (Å²) >= 11 is 6.07. The van der Waals surface area contributed by atoms with E-state index in [0.717, 1.165) is 35.7 Å². The minimum absolute atomic E-state index is 0.134. The van der Waals surface area contributed by atoms with E-state index in [2.05, 4.69) is 19.2 Å². The van der Waals surface area contributed by atoms with E-state index in [0.29, 0.717) is 0 Å². The summed E-state index contributed by atoms with van der Waals surface area (Å²) in [6.07, 6.45) is 2.06. The standard InChI is InChI=1S/C15H24ClNO2/c1-5-8-17-14(11(2)18-3)10-12-9-13(16)6-7-15(12)19-4/h6-7,9,11,14,17H,5,8,10H2,1-4H3. The van der Waals surface area contributed by atoms with E-state index in [1.807, 2.05) is 18.2 Å². The molecule has 1 aromatic rings. The van der Waals surface area contributed by atoms with Gasteiger partial charge in [0.05, 0.1) is 13.2 Å². The van der Waals surface area contributed by atoms with Crippen molar-refractivity contribution in [2.45, 2.75) is 38.8 Å². The lowest BCUT2D eigenvalue weighted by molar-refractivity contribution is 0.0829. The zero-order chi connectivity index (χ0) is 14.3. The number of benzene rings is 1. The SMILES string of the molecule is CCCNC(Cc1cc(Cl)ccc1OC)C(C)OC. The van der Waals surface area contributed by atoms with Crippen LogP contribution in [0.15, 0.2) is 18.2 Å². The Morgan fingerprint density at radius 3 is 2.63 bits per heavy atom. The molecule has 2 unspecified atom stereocenters. The Balaban J connectivity index is 2.85. The number of halogens is 1. The van der Waals surface area contributed by atoms with Gasteiger partial charge in [-0.05, 0) is 50.1 Å². The molecular formula is C15H24ClNO2. The van der Waals surface area contributed by atoms with E-state index in [4.69, 9.17) is 21.1 Å². The average molecular weight is 286 g/mol. The van der Waals surface area contributed by atoms with Crippen LogP contribution in [0.4, 0.5) is 0 Å². The lowest BCUT2D eigenvalue weighted by Gasteiger charge is -2.25. The highest BCUT2D eigenvalue weighted by molar-refractivity contribution is 6.30. The summed E-state index contributed by atoms with van der Waals surface area (Å²) in [5.41, 5.74) is 1.10. The van der Waals surface area contributed by atoms with E-state index in [9.17, 15) is 0 Å². The molecule has 0 saturated heterocycles. The first-order valence-corrected chi connectivity index (χ1v) is 7.08. The van der Waals surface area contributed by atoms with E-state index >= 15 is 0 Å². The topological polar surface area (TPSA) is 30.5 Å². The van der Waals surface area contributed by atoms with Crippen molar-refractivity contribution in [3.05, 3.63) is 28.8 Å². The van der Waals surface area contributed by atoms with Gasteiger partial charge in [-0.3, -0.25) is 0 Å². The van der Waals surface area contributed by atoms with Crippen LogP contribution in [0, 0.1) is 0 Å². The summed E-state index contributed by atoms with van der Waals surface area (Å²) in [7, 11) is 3.42. The molecule has 19 heavy (non-hydrogen) atoms. The smallest absolute Gasteiger partial charge is 0.122 e. The second-order valence-electron chi connectivity index (χ2n) is 4.66. The Labute approximate surface area is 121 Å². The molecule has 4 heteroatoms. The molecule has 0 saturated carbocycles. The number of hydrogen-bond donors (Lipinski definition) is 1. The van der Waals surface area contributed by atoms with Crippen LogP contribution in [0.25, 0.3) is 0 Å². The quantitative estimate of drug-likeness (QED) is 0.795. The van der Waals surface area contributed by atoms with E-state index in [-0.39, 0.29) is 12.1 Å². The summed E-state index contributed by atoms with van der Waals surface area (Å²) in [5, 5.41) is 4.25. The highest BCUT2D eigenvalue weighted by Crippen LogP contribution is 2.24. The van der Waals surface area contributed by atoms with Gasteiger partial charge in [-0.1, -0.05) is 18.5 Å². The summed E-state index contributed by atoms with van der Waals surface area (Å²) in [5.74, 6) is 0.871. The maximum atomic E-state index is 6.07. The third-order valence-electron chi connectivity index (χ3n) is 3.28. The van der Waals surface area contributed by atoms with Crippen LogP contribution in [0.1, 0.15) is 25.8 Å². The first kappa shape index (κ1) is 16.3. The van der Waals surface area contributed by atoms with Crippen LogP contribution in [-0.2, 0) is 11.2 Å². The largest absolute Gasteiger partial charge is 0.496 e. The average Bonchev–Trinajstić information content (AvgIpc) is 2.42. The predicted molar refractivity (Wildman–Crippen MR) is 80.3 cm³/mol. The molecule has 0 heterocycles. The molecule has 0 fully saturated rings. The van der Waals surface area contributed by atoms with Crippen molar-refractivity contribution in [1.82, 2.24) is 5.32 Å². The second-order valence-corrected chi connectivity index (χ2v) is 5.10. The Kier molecular flexibility index (Phi) is 7.21. The highest BCUT2D eigenvalue weighted by atomic mass is 35.5. The van der Waals surface area contributed by atoms with Gasteiger partial charge in [0.2, 0.25) is 0 Å². The molecule has 0 amide bonds. The summed E-state index contributed by atoms with van der Waals surface area (Å²) < 4.78 is 10.8. The monoisotopic (exact) mass is 285 g/mol. The number of methoxy groups -OCH3 is 2. The van der Waals surface area contributed by atoms with Crippen molar-refractivity contribution in [1.29, 1.82) is 0 Å². The maximum absolute atomic E-state index is 6.07. The molecule has 0 aliphatic heterocycles. The molecule has 0 bridgehead atoms. The van der Waals surface area contributed by atoms with Crippen molar-refractivity contribution in [2.75, 3.05) is 20.8 Å². The molecule has 0 spiro atoms. The minimum Gasteiger partial charge on any atom is -0.496 e. The molecule has 1 rings (SSSR count). The number of ether oxygens (including phenoxy) is 2. The van der Waals surface area contributed by atoms with E-state index < -0.39 is 0 Å². The zero-order valence-corrected chi connectivity index (χ0v) is 13.0. The van der Waals surface area contributed by atoms with Gasteiger partial charge < -0.3 is 14.8 Å². The fraction of sp³-hybridized carbons (Fsp3) is 0.600. The molecule has 108 valence electrons. The van der Waals surface area contributed by atoms with Gasteiger partial charge in [-0.2, -0.15) is 0 Å². The molecule has 0 aliphatic rings. The summed E-state index contributed by atoms with van der Waals surface area (Å²) in [6, 6.07) is 5.96. The number of hydrogen-bond acceptors (Lipinski definition) is 3. The van der Waals surface area contributed by atoms with E-state index in [1.165, 1.54) is 0 Å². The van der Waals surface area contributed by atoms with Crippen LogP contribution in [0.3, 0.4) is 0 Å². The van der Waals surface area contributed by atoms with Crippen molar-refractivity contribution < 1.29 is 9.47 Å². The first-order chi connectivity index (χ1) is 9.12. The van der Waals surface area contributed by atoms with Gasteiger partial charge in [0.25, 0.3) is 0 Å². The Hall–Kier alpha value is -0.770. The van der Waals surface area contributed by atoms with Crippen molar-refractivity contribution >= 4 is 11.6 Å². The van der Waals surface area contributed by atoms with Crippen LogP contribution in [0.2, 0.25) is 5.02 Å². The lowest BCUT2D eigenvalue weighted by Crippen LogP contribution is -2.41. The Morgan fingerprint density at radius 2 is 2.05 bits per heavy atom. The molecule has 0 aromatic heterocycles. The molecule has 2 atom stereocenters. The fourth-order valence-electron chi connectivity index (χ4n) is 2.04. The van der Waals surface area contributed by atoms with Crippen molar-refractivity contribution in [3.8, 4) is 5.75 Å². The molecule has 1 aromatic carbocycles. The maximum Gasteiger partial charge on any atom is 0.122 e. The van der Waals surface area contributed by atoms with Crippen molar-refractivity contribution in [2.24, 2.45) is 0 Å². The third kappa shape index (κ3) is 5.01. The summed E-state index contributed by atoms with van der Waals surface area (Å²) in [6.45, 7) is 5.20. The van der Waals surface area contributed by atoms with Crippen LogP contribution in [-0.4, -0.2) is 32.9 Å². The zero-order valence-electron chi connectivity index (χ0n) is 12.2. The summed E-state index contributed by atoms with van der Waals surface area (Å²) in [4.78, 5) is 0. The van der Waals surface area contributed by atoms with Gasteiger partial charge in [0, 0.05) is 18.2 Å². The fourth-order valence-corrected chi connectivity index (χ4v) is 2.24. The minimum atomic E-state index is 0.134. The van der Waals surface area contributed by atoms with Crippen LogP contribution < -0.4 is 10.1 Å². The van der Waals surface area contributed by atoms with Crippen LogP contribution >= 0.6 is 11.6 Å². The van der Waals surface area contributed by atoms with Gasteiger partial charge in [-0.25, -0.2) is 0 Å². The highest BCUT2D eigenvalue weighted by Gasteiger charge is 2.18. The van der Waals surface area contributed by atoms with Gasteiger partial charge in [0.15, 0.2) is 0 Å². The lowest BCUT2D eigenvalue weighted by atomic mass is 10.0. The Morgan fingerprint density at radius 1 is 1.32 bits per heavy atom. The Bertz CT molecular complexity index is 384. The van der Waals surface area contributed by atoms with Crippen LogP contribution in [0.5, 0.6) is 5.75 Å². The molecule has 1 N–H and O–H groups in total. The number of rotatable bonds is 8. The predicted octanol–water partition coefficient (Wildman–Crippen LogP) is 3.29. The first-order valence-electron chi connectivity index (χ1n) is 6.71. The molecular weight excluding hydrogens is 262 g/mol. The number of nitrogens with one attached hydrogen (secondary N) is 1. The third-order valence-corrected chi connectivity index (χ3v) is 3.51.